The van der Waals surface area contributed by atoms with Crippen molar-refractivity contribution in [3.05, 3.63) is 51.9 Å². The molecule has 1 heterocycles. The highest BCUT2D eigenvalue weighted by molar-refractivity contribution is 7.16. The fourth-order valence-electron chi connectivity index (χ4n) is 2.66. The Morgan fingerprint density at radius 1 is 1.14 bits per heavy atom. The van der Waals surface area contributed by atoms with Crippen molar-refractivity contribution in [1.29, 1.82) is 0 Å². The van der Waals surface area contributed by atoms with E-state index in [4.69, 9.17) is 9.47 Å². The van der Waals surface area contributed by atoms with Crippen molar-refractivity contribution in [3.63, 3.8) is 0 Å². The summed E-state index contributed by atoms with van der Waals surface area (Å²) in [5.41, 5.74) is 1.52. The van der Waals surface area contributed by atoms with Crippen LogP contribution in [0.5, 0.6) is 0 Å². The van der Waals surface area contributed by atoms with Gasteiger partial charge in [-0.2, -0.15) is 0 Å². The molecule has 2 rings (SSSR count). The molecule has 2 N–H and O–H groups in total. The molecule has 0 aliphatic carbocycles. The number of anilines is 1. The molecular weight excluding hydrogens is 382 g/mol. The molecule has 0 saturated heterocycles. The summed E-state index contributed by atoms with van der Waals surface area (Å²) in [4.78, 5) is 37.3. The molecule has 1 atom stereocenters. The number of aryl methyl sites for hydroxylation is 1. The smallest absolute Gasteiger partial charge is 0.341 e. The summed E-state index contributed by atoms with van der Waals surface area (Å²) in [5.74, 6) is -2.04. The highest BCUT2D eigenvalue weighted by Gasteiger charge is 2.24. The zero-order valence-corrected chi connectivity index (χ0v) is 16.8. The second-order valence-corrected chi connectivity index (χ2v) is 7.11. The standard InChI is InChI=1S/C20H23NO6S/c1-4-14-12(3)28-18(16(14)19(24)26-5-2)21-15(22)11-27-20(25)17(23)13-9-7-6-8-10-13/h6-10,17,23H,4-5,11H2,1-3H3,(H,21,22)/t17-/m0/s1. The first-order valence-corrected chi connectivity index (χ1v) is 9.69. The van der Waals surface area contributed by atoms with Crippen LogP contribution in [0.4, 0.5) is 5.00 Å². The molecule has 0 bridgehead atoms. The number of thiophene rings is 1. The maximum Gasteiger partial charge on any atom is 0.341 e. The molecule has 7 nitrogen and oxygen atoms in total. The summed E-state index contributed by atoms with van der Waals surface area (Å²) in [6.45, 7) is 5.12. The topological polar surface area (TPSA) is 102 Å². The number of benzene rings is 1. The second kappa shape index (κ2) is 10.0. The van der Waals surface area contributed by atoms with Gasteiger partial charge in [0.2, 0.25) is 0 Å². The van der Waals surface area contributed by atoms with Gasteiger partial charge in [-0.05, 0) is 31.4 Å². The number of hydrogen-bond acceptors (Lipinski definition) is 7. The van der Waals surface area contributed by atoms with Crippen LogP contribution in [0.15, 0.2) is 30.3 Å². The number of esters is 2. The highest BCUT2D eigenvalue weighted by atomic mass is 32.1. The number of hydrogen-bond donors (Lipinski definition) is 2. The summed E-state index contributed by atoms with van der Waals surface area (Å²) in [5, 5.41) is 12.9. The van der Waals surface area contributed by atoms with Gasteiger partial charge in [-0.15, -0.1) is 11.3 Å². The van der Waals surface area contributed by atoms with Crippen LogP contribution in [0.3, 0.4) is 0 Å². The Labute approximate surface area is 167 Å². The molecule has 0 aliphatic rings. The van der Waals surface area contributed by atoms with E-state index in [0.29, 0.717) is 22.5 Å². The summed E-state index contributed by atoms with van der Waals surface area (Å²) >= 11 is 1.26. The summed E-state index contributed by atoms with van der Waals surface area (Å²) in [6.07, 6.45) is -0.857. The average Bonchev–Trinajstić information content (AvgIpc) is 3.01. The molecular formula is C20H23NO6S. The molecule has 0 unspecified atom stereocenters. The molecule has 2 aromatic rings. The van der Waals surface area contributed by atoms with E-state index >= 15 is 0 Å². The lowest BCUT2D eigenvalue weighted by Crippen LogP contribution is -2.24. The van der Waals surface area contributed by atoms with E-state index in [2.05, 4.69) is 5.32 Å². The first kappa shape index (κ1) is 21.6. The Morgan fingerprint density at radius 3 is 2.43 bits per heavy atom. The lowest BCUT2D eigenvalue weighted by atomic mass is 10.1. The minimum Gasteiger partial charge on any atom is -0.462 e. The summed E-state index contributed by atoms with van der Waals surface area (Å²) in [6, 6.07) is 8.28. The zero-order chi connectivity index (χ0) is 20.7. The van der Waals surface area contributed by atoms with Gasteiger partial charge in [-0.25, -0.2) is 9.59 Å². The molecule has 1 aromatic heterocycles. The van der Waals surface area contributed by atoms with Gasteiger partial charge in [-0.1, -0.05) is 37.3 Å². The Balaban J connectivity index is 2.03. The zero-order valence-electron chi connectivity index (χ0n) is 16.0. The van der Waals surface area contributed by atoms with Gasteiger partial charge < -0.3 is 19.9 Å². The van der Waals surface area contributed by atoms with Crippen LogP contribution < -0.4 is 5.32 Å². The van der Waals surface area contributed by atoms with Crippen molar-refractivity contribution in [3.8, 4) is 0 Å². The van der Waals surface area contributed by atoms with E-state index in [0.717, 1.165) is 10.4 Å². The lowest BCUT2D eigenvalue weighted by Gasteiger charge is -2.11. The SMILES string of the molecule is CCOC(=O)c1c(NC(=O)COC(=O)[C@@H](O)c2ccccc2)sc(C)c1CC. The predicted octanol–water partition coefficient (Wildman–Crippen LogP) is 3.01. The van der Waals surface area contributed by atoms with Gasteiger partial charge in [0, 0.05) is 4.88 Å². The van der Waals surface area contributed by atoms with Gasteiger partial charge in [-0.3, -0.25) is 4.79 Å². The number of amides is 1. The summed E-state index contributed by atoms with van der Waals surface area (Å²) < 4.78 is 9.97. The summed E-state index contributed by atoms with van der Waals surface area (Å²) in [7, 11) is 0. The number of aliphatic hydroxyl groups is 1. The van der Waals surface area contributed by atoms with Gasteiger partial charge >= 0.3 is 11.9 Å². The molecule has 0 aliphatic heterocycles. The van der Waals surface area contributed by atoms with Crippen LogP contribution in [0.1, 0.15) is 46.3 Å². The number of nitrogens with one attached hydrogen (secondary N) is 1. The van der Waals surface area contributed by atoms with Crippen LogP contribution in [0.25, 0.3) is 0 Å². The molecule has 0 spiro atoms. The maximum absolute atomic E-state index is 12.3. The molecule has 150 valence electrons. The quantitative estimate of drug-likeness (QED) is 0.655. The Kier molecular flexibility index (Phi) is 7.71. The van der Waals surface area contributed by atoms with E-state index in [1.807, 2.05) is 13.8 Å². The Bertz CT molecular complexity index is 846. The third-order valence-electron chi connectivity index (χ3n) is 3.98. The molecule has 28 heavy (non-hydrogen) atoms. The number of carbonyl (C=O) groups is 3. The number of aliphatic hydroxyl groups excluding tert-OH is 1. The molecule has 1 aromatic carbocycles. The third kappa shape index (κ3) is 5.17. The van der Waals surface area contributed by atoms with E-state index in [1.165, 1.54) is 11.3 Å². The van der Waals surface area contributed by atoms with Gasteiger partial charge in [0.05, 0.1) is 12.2 Å². The van der Waals surface area contributed by atoms with E-state index < -0.39 is 30.6 Å². The van der Waals surface area contributed by atoms with Crippen LogP contribution in [-0.4, -0.2) is 36.2 Å². The normalized spacial score (nSPS) is 11.6. The minimum absolute atomic E-state index is 0.221. The molecule has 0 saturated carbocycles. The van der Waals surface area contributed by atoms with Crippen LogP contribution in [-0.2, 0) is 25.5 Å². The number of rotatable bonds is 8. The maximum atomic E-state index is 12.3. The number of ether oxygens (including phenoxy) is 2. The van der Waals surface area contributed by atoms with Crippen molar-refractivity contribution in [2.24, 2.45) is 0 Å². The van der Waals surface area contributed by atoms with Crippen LogP contribution >= 0.6 is 11.3 Å². The molecule has 0 radical (unpaired) electrons. The predicted molar refractivity (Wildman–Crippen MR) is 105 cm³/mol. The van der Waals surface area contributed by atoms with E-state index in [-0.39, 0.29) is 6.61 Å². The third-order valence-corrected chi connectivity index (χ3v) is 5.04. The Hall–Kier alpha value is -2.71. The largest absolute Gasteiger partial charge is 0.462 e. The highest BCUT2D eigenvalue weighted by Crippen LogP contribution is 2.34. The first-order chi connectivity index (χ1) is 13.4. The van der Waals surface area contributed by atoms with Crippen molar-refractivity contribution >= 4 is 34.2 Å². The van der Waals surface area contributed by atoms with Crippen molar-refractivity contribution in [2.75, 3.05) is 18.5 Å². The van der Waals surface area contributed by atoms with E-state index in [1.54, 1.807) is 37.3 Å². The first-order valence-electron chi connectivity index (χ1n) is 8.87. The minimum atomic E-state index is -1.47. The van der Waals surface area contributed by atoms with Gasteiger partial charge in [0.1, 0.15) is 5.00 Å². The molecule has 0 fully saturated rings. The molecule has 8 heteroatoms. The average molecular weight is 405 g/mol. The monoisotopic (exact) mass is 405 g/mol. The van der Waals surface area contributed by atoms with Crippen molar-refractivity contribution < 1.29 is 29.0 Å². The van der Waals surface area contributed by atoms with Crippen LogP contribution in [0, 0.1) is 6.92 Å². The van der Waals surface area contributed by atoms with Crippen molar-refractivity contribution in [2.45, 2.75) is 33.3 Å². The Morgan fingerprint density at radius 2 is 1.82 bits per heavy atom. The van der Waals surface area contributed by atoms with Gasteiger partial charge in [0.15, 0.2) is 12.7 Å². The molecule has 1 amide bonds. The van der Waals surface area contributed by atoms with Crippen molar-refractivity contribution in [1.82, 2.24) is 0 Å². The van der Waals surface area contributed by atoms with E-state index in [9.17, 15) is 19.5 Å². The van der Waals surface area contributed by atoms with Gasteiger partial charge in [0.25, 0.3) is 5.91 Å². The number of carbonyl (C=O) groups excluding carboxylic acids is 3. The van der Waals surface area contributed by atoms with Crippen LogP contribution in [0.2, 0.25) is 0 Å². The fraction of sp³-hybridized carbons (Fsp3) is 0.350. The fourth-order valence-corrected chi connectivity index (χ4v) is 3.81. The lowest BCUT2D eigenvalue weighted by molar-refractivity contribution is -0.156. The second-order valence-electron chi connectivity index (χ2n) is 5.88.